The van der Waals surface area contributed by atoms with Crippen LogP contribution in [0.1, 0.15) is 49.5 Å². The van der Waals surface area contributed by atoms with Crippen molar-refractivity contribution >= 4 is 52.3 Å². The molecule has 1 unspecified atom stereocenters. The second-order valence-electron chi connectivity index (χ2n) is 11.6. The number of rotatable bonds is 5. The first-order valence-electron chi connectivity index (χ1n) is 12.9. The van der Waals surface area contributed by atoms with Gasteiger partial charge in [-0.25, -0.2) is 4.39 Å². The molecule has 0 bridgehead atoms. The van der Waals surface area contributed by atoms with Crippen LogP contribution in [0.15, 0.2) is 54.6 Å². The molecule has 1 saturated heterocycles. The van der Waals surface area contributed by atoms with Gasteiger partial charge in [0, 0.05) is 39.1 Å². The Labute approximate surface area is 241 Å². The molecule has 10 heteroatoms. The summed E-state index contributed by atoms with van der Waals surface area (Å²) in [6, 6.07) is 13.0. The molecular formula is C30H29Cl2FN4O3. The zero-order valence-electron chi connectivity index (χ0n) is 22.2. The second-order valence-corrected chi connectivity index (χ2v) is 12.4. The minimum atomic E-state index is -1.19. The van der Waals surface area contributed by atoms with Crippen LogP contribution in [0.2, 0.25) is 10.0 Å². The highest BCUT2D eigenvalue weighted by Crippen LogP contribution is 2.54. The van der Waals surface area contributed by atoms with Crippen molar-refractivity contribution in [2.75, 3.05) is 10.6 Å². The van der Waals surface area contributed by atoms with Crippen molar-refractivity contribution in [1.29, 1.82) is 0 Å². The number of carbonyl (C=O) groups is 3. The van der Waals surface area contributed by atoms with E-state index in [9.17, 15) is 14.4 Å². The van der Waals surface area contributed by atoms with Gasteiger partial charge < -0.3 is 21.7 Å². The molecule has 2 aliphatic rings. The maximum atomic E-state index is 15.4. The summed E-state index contributed by atoms with van der Waals surface area (Å²) in [6.07, 6.45) is 0.686. The van der Waals surface area contributed by atoms with Crippen molar-refractivity contribution in [3.8, 4) is 11.1 Å². The summed E-state index contributed by atoms with van der Waals surface area (Å²) < 4.78 is 15.4. The summed E-state index contributed by atoms with van der Waals surface area (Å²) in [4.78, 5) is 38.9. The fourth-order valence-electron chi connectivity index (χ4n) is 5.85. The van der Waals surface area contributed by atoms with Gasteiger partial charge in [0.05, 0.1) is 16.5 Å². The minimum absolute atomic E-state index is 0.0482. The quantitative estimate of drug-likeness (QED) is 0.300. The zero-order valence-corrected chi connectivity index (χ0v) is 23.7. The molecule has 208 valence electrons. The molecule has 0 radical (unpaired) electrons. The summed E-state index contributed by atoms with van der Waals surface area (Å²) in [6.45, 7) is 6.18. The lowest BCUT2D eigenvalue weighted by atomic mass is 9.68. The summed E-state index contributed by atoms with van der Waals surface area (Å²) >= 11 is 12.6. The van der Waals surface area contributed by atoms with Gasteiger partial charge in [-0.15, -0.1) is 0 Å². The average Bonchev–Trinajstić information content (AvgIpc) is 3.37. The van der Waals surface area contributed by atoms with Crippen LogP contribution in [0.3, 0.4) is 0 Å². The van der Waals surface area contributed by atoms with Crippen molar-refractivity contribution in [3.05, 3.63) is 81.6 Å². The van der Waals surface area contributed by atoms with E-state index in [2.05, 4.69) is 36.7 Å². The lowest BCUT2D eigenvalue weighted by molar-refractivity contribution is -0.121. The zero-order chi connectivity index (χ0) is 29.0. The van der Waals surface area contributed by atoms with E-state index < -0.39 is 29.2 Å². The topological polar surface area (TPSA) is 113 Å². The van der Waals surface area contributed by atoms with Gasteiger partial charge in [-0.1, -0.05) is 56.1 Å². The molecule has 0 aliphatic carbocycles. The Morgan fingerprint density at radius 3 is 2.45 bits per heavy atom. The summed E-state index contributed by atoms with van der Waals surface area (Å²) in [7, 11) is 0. The molecule has 2 heterocycles. The van der Waals surface area contributed by atoms with E-state index in [-0.39, 0.29) is 34.2 Å². The lowest BCUT2D eigenvalue weighted by Gasteiger charge is -2.34. The van der Waals surface area contributed by atoms with Crippen LogP contribution in [0.25, 0.3) is 11.1 Å². The Balaban J connectivity index is 1.59. The molecular weight excluding hydrogens is 554 g/mol. The van der Waals surface area contributed by atoms with E-state index >= 15 is 4.39 Å². The van der Waals surface area contributed by atoms with Crippen molar-refractivity contribution in [2.24, 2.45) is 11.1 Å². The SMILES string of the molecule is CC(C)(C)C[C@@H]1N[C@@H](C(=O)Nc2ccc(C(N)=O)cc2)CC12C(=O)Nc1cc(Cl)cc(-c3cccc(Cl)c3F)c12. The van der Waals surface area contributed by atoms with E-state index in [1.165, 1.54) is 18.2 Å². The number of anilines is 2. The van der Waals surface area contributed by atoms with Gasteiger partial charge in [-0.3, -0.25) is 14.4 Å². The summed E-state index contributed by atoms with van der Waals surface area (Å²) in [5, 5.41) is 9.53. The van der Waals surface area contributed by atoms with E-state index in [4.69, 9.17) is 28.9 Å². The van der Waals surface area contributed by atoms with Crippen LogP contribution in [0.4, 0.5) is 15.8 Å². The first-order chi connectivity index (χ1) is 18.8. The highest BCUT2D eigenvalue weighted by Gasteiger charge is 2.60. The molecule has 1 spiro atoms. The summed E-state index contributed by atoms with van der Waals surface area (Å²) in [5.74, 6) is -1.81. The first kappa shape index (κ1) is 28.1. The molecule has 2 aliphatic heterocycles. The van der Waals surface area contributed by atoms with Gasteiger partial charge in [0.2, 0.25) is 17.7 Å². The molecule has 3 aromatic carbocycles. The Bertz CT molecular complexity index is 1540. The van der Waals surface area contributed by atoms with Gasteiger partial charge in [0.1, 0.15) is 5.82 Å². The molecule has 0 saturated carbocycles. The first-order valence-corrected chi connectivity index (χ1v) is 13.6. The van der Waals surface area contributed by atoms with Gasteiger partial charge in [0.15, 0.2) is 0 Å². The van der Waals surface area contributed by atoms with Gasteiger partial charge in [-0.2, -0.15) is 0 Å². The third-order valence-electron chi connectivity index (χ3n) is 7.54. The number of nitrogens with one attached hydrogen (secondary N) is 3. The fourth-order valence-corrected chi connectivity index (χ4v) is 6.25. The molecule has 5 N–H and O–H groups in total. The van der Waals surface area contributed by atoms with E-state index in [1.54, 1.807) is 36.4 Å². The van der Waals surface area contributed by atoms with Crippen molar-refractivity contribution in [3.63, 3.8) is 0 Å². The number of primary amides is 1. The van der Waals surface area contributed by atoms with Crippen molar-refractivity contribution in [2.45, 2.75) is 51.1 Å². The highest BCUT2D eigenvalue weighted by atomic mass is 35.5. The van der Waals surface area contributed by atoms with E-state index in [0.29, 0.717) is 39.5 Å². The third kappa shape index (κ3) is 4.96. The van der Waals surface area contributed by atoms with Crippen LogP contribution >= 0.6 is 23.2 Å². The molecule has 3 aromatic rings. The van der Waals surface area contributed by atoms with Crippen LogP contribution in [0, 0.1) is 11.2 Å². The molecule has 3 amide bonds. The Kier molecular flexibility index (Phi) is 7.15. The molecule has 3 atom stereocenters. The highest BCUT2D eigenvalue weighted by molar-refractivity contribution is 6.32. The van der Waals surface area contributed by atoms with E-state index in [1.807, 2.05) is 0 Å². The molecule has 7 nitrogen and oxygen atoms in total. The number of carbonyl (C=O) groups excluding carboxylic acids is 3. The third-order valence-corrected chi connectivity index (χ3v) is 8.05. The van der Waals surface area contributed by atoms with Crippen molar-refractivity contribution in [1.82, 2.24) is 5.32 Å². The van der Waals surface area contributed by atoms with Gasteiger partial charge >= 0.3 is 0 Å². The Morgan fingerprint density at radius 2 is 1.80 bits per heavy atom. The fraction of sp³-hybridized carbons (Fsp3) is 0.300. The number of hydrogen-bond acceptors (Lipinski definition) is 4. The smallest absolute Gasteiger partial charge is 0.248 e. The standard InChI is InChI=1S/C30H29Cl2FN4O3/c1-29(2,3)14-23-30(13-22(36-23)27(39)35-17-9-7-15(8-10-17)26(34)38)24-19(18-5-4-6-20(32)25(18)33)11-16(31)12-21(24)37-28(30)40/h4-12,22-23,36H,13-14H2,1-3H3,(H2,34,38)(H,35,39)(H,37,40)/t22-,23+,30?/m1/s1. The van der Waals surface area contributed by atoms with E-state index in [0.717, 1.165) is 0 Å². The Hall–Kier alpha value is -3.46. The summed E-state index contributed by atoms with van der Waals surface area (Å²) in [5.41, 5.74) is 6.46. The number of hydrogen-bond donors (Lipinski definition) is 4. The normalized spacial score (nSPS) is 21.8. The molecule has 5 rings (SSSR count). The van der Waals surface area contributed by atoms with Crippen LogP contribution in [-0.2, 0) is 15.0 Å². The number of halogens is 3. The maximum Gasteiger partial charge on any atom is 0.248 e. The predicted octanol–water partition coefficient (Wildman–Crippen LogP) is 5.89. The largest absolute Gasteiger partial charge is 0.366 e. The molecule has 40 heavy (non-hydrogen) atoms. The van der Waals surface area contributed by atoms with Crippen molar-refractivity contribution < 1.29 is 18.8 Å². The minimum Gasteiger partial charge on any atom is -0.366 e. The van der Waals surface area contributed by atoms with Crippen LogP contribution in [-0.4, -0.2) is 29.8 Å². The number of fused-ring (bicyclic) bond motifs is 2. The van der Waals surface area contributed by atoms with Gasteiger partial charge in [0.25, 0.3) is 0 Å². The Morgan fingerprint density at radius 1 is 1.10 bits per heavy atom. The second kappa shape index (κ2) is 10.2. The molecule has 0 aromatic heterocycles. The van der Waals surface area contributed by atoms with Crippen LogP contribution < -0.4 is 21.7 Å². The average molecular weight is 583 g/mol. The predicted molar refractivity (Wildman–Crippen MR) is 155 cm³/mol. The van der Waals surface area contributed by atoms with Crippen LogP contribution in [0.5, 0.6) is 0 Å². The number of benzene rings is 3. The maximum absolute atomic E-state index is 15.4. The monoisotopic (exact) mass is 582 g/mol. The molecule has 1 fully saturated rings. The van der Waals surface area contributed by atoms with Gasteiger partial charge in [-0.05, 0) is 66.3 Å². The number of nitrogens with two attached hydrogens (primary N) is 1. The number of amides is 3. The lowest BCUT2D eigenvalue weighted by Crippen LogP contribution is -2.48.